The molecule has 0 aliphatic carbocycles. The molecular weight excluding hydrogens is 494 g/mol. The zero-order valence-electron chi connectivity index (χ0n) is 22.8. The number of hydrogen-bond acceptors (Lipinski definition) is 5. The molecule has 0 aromatic rings. The number of halogens is 6. The van der Waals surface area contributed by atoms with Gasteiger partial charge in [-0.2, -0.15) is 38.1 Å². The van der Waals surface area contributed by atoms with E-state index in [0.29, 0.717) is 0 Å². The van der Waals surface area contributed by atoms with Crippen molar-refractivity contribution in [3.05, 3.63) is 0 Å². The maximum atomic E-state index is 11.6. The topological polar surface area (TPSA) is 60.4 Å². The second kappa shape index (κ2) is 29.5. The van der Waals surface area contributed by atoms with Crippen molar-refractivity contribution in [1.29, 1.82) is 0 Å². The van der Waals surface area contributed by atoms with Gasteiger partial charge in [0.2, 0.25) is 0 Å². The van der Waals surface area contributed by atoms with Gasteiger partial charge in [0.1, 0.15) is 15.6 Å². The molecule has 0 radical (unpaired) electrons. The van der Waals surface area contributed by atoms with E-state index in [1.807, 2.05) is 12.5 Å². The molecule has 0 saturated carbocycles. The van der Waals surface area contributed by atoms with Crippen molar-refractivity contribution in [2.24, 2.45) is 5.41 Å². The first-order valence-corrected chi connectivity index (χ1v) is 13.9. The van der Waals surface area contributed by atoms with Crippen molar-refractivity contribution in [3.8, 4) is 0 Å². The molecule has 0 atom stereocenters. The number of Topliss-reactive ketones (excluding diaryl/α,β-unsaturated/α-hetero) is 1. The summed E-state index contributed by atoms with van der Waals surface area (Å²) in [6.07, 6.45) is -0.198. The van der Waals surface area contributed by atoms with Gasteiger partial charge in [-0.1, -0.05) is 47.0 Å². The van der Waals surface area contributed by atoms with Gasteiger partial charge in [0.05, 0.1) is 0 Å². The fraction of sp³-hybridized carbons (Fsp3) is 0.952. The molecule has 0 amide bonds. The number of methoxy groups -OCH3 is 1. The lowest BCUT2D eigenvalue weighted by Gasteiger charge is -2.29. The summed E-state index contributed by atoms with van der Waals surface area (Å²) >= 11 is 1.75. The fourth-order valence-corrected chi connectivity index (χ4v) is 0.161. The molecule has 0 saturated heterocycles. The maximum Gasteiger partial charge on any atom is 0.402 e. The van der Waals surface area contributed by atoms with E-state index in [1.54, 1.807) is 26.0 Å². The van der Waals surface area contributed by atoms with Gasteiger partial charge >= 0.3 is 12.4 Å². The average Bonchev–Trinajstić information content (AvgIpc) is 2.53. The predicted molar refractivity (Wildman–Crippen MR) is 132 cm³/mol. The van der Waals surface area contributed by atoms with E-state index in [9.17, 15) is 39.6 Å². The van der Waals surface area contributed by atoms with E-state index in [0.717, 1.165) is 12.5 Å². The summed E-state index contributed by atoms with van der Waals surface area (Å²) in [5.41, 5.74) is -3.62. The van der Waals surface area contributed by atoms with E-state index < -0.39 is 27.6 Å². The summed E-state index contributed by atoms with van der Waals surface area (Å²) in [6.45, 7) is 11.9. The number of ether oxygens (including phenoxy) is 1. The van der Waals surface area contributed by atoms with Crippen molar-refractivity contribution in [1.82, 2.24) is 0 Å². The van der Waals surface area contributed by atoms with Crippen LogP contribution < -0.4 is 0 Å². The lowest BCUT2D eigenvalue weighted by molar-refractivity contribution is -0.327. The summed E-state index contributed by atoms with van der Waals surface area (Å²) in [5, 5.41) is 0. The van der Waals surface area contributed by atoms with Crippen molar-refractivity contribution >= 4 is 27.4 Å². The standard InChI is InChI=1S/C5H6F6.C4H10.C3H6O.C3H8.C2H6O2S.C2H6O.C2H6S/c1-3(2,4(6,7)8)5(9,10)11;1-3-4-2;1-3(2)4;1-3-2;1-5(2,3)4;2*1-3-2/h1-2H3;3-4H2,1-2H3;1-2H3;3H2,1-2H3;1-2H3;2*1-2H3. The normalized spacial score (nSPS) is 10.2. The lowest BCUT2D eigenvalue weighted by Crippen LogP contribution is -2.44. The Hall–Kier alpha value is -0.490. The molecule has 0 aliphatic heterocycles. The van der Waals surface area contributed by atoms with E-state index in [4.69, 9.17) is 0 Å². The Labute approximate surface area is 203 Å². The Balaban J connectivity index is -0.0000000522. The lowest BCUT2D eigenvalue weighted by atomic mass is 9.92. The number of sulfone groups is 1. The molecule has 0 aromatic heterocycles. The molecule has 0 aliphatic rings. The zero-order valence-corrected chi connectivity index (χ0v) is 24.5. The van der Waals surface area contributed by atoms with Gasteiger partial charge in [0.15, 0.2) is 5.41 Å². The second-order valence-corrected chi connectivity index (χ2v) is 10.3. The predicted octanol–water partition coefficient (Wildman–Crippen LogP) is 7.86. The Morgan fingerprint density at radius 3 is 0.879 bits per heavy atom. The smallest absolute Gasteiger partial charge is 0.388 e. The highest BCUT2D eigenvalue weighted by atomic mass is 32.2. The SMILES string of the molecule is CC(C)(C(F)(F)F)C(F)(F)F.CC(C)=O.CCC.CCCC.COC.CS(C)(=O)=O.CSC. The number of alkyl halides is 6. The van der Waals surface area contributed by atoms with Gasteiger partial charge < -0.3 is 9.53 Å². The van der Waals surface area contributed by atoms with Crippen molar-refractivity contribution in [3.63, 3.8) is 0 Å². The summed E-state index contributed by atoms with van der Waals surface area (Å²) in [6, 6.07) is 0. The highest BCUT2D eigenvalue weighted by Crippen LogP contribution is 2.49. The maximum absolute atomic E-state index is 11.6. The third kappa shape index (κ3) is 80.1. The van der Waals surface area contributed by atoms with Gasteiger partial charge in [0, 0.05) is 26.7 Å². The highest BCUT2D eigenvalue weighted by molar-refractivity contribution is 7.97. The minimum atomic E-state index is -5.24. The van der Waals surface area contributed by atoms with Crippen LogP contribution in [0.2, 0.25) is 0 Å². The molecule has 0 N–H and O–H groups in total. The van der Waals surface area contributed by atoms with E-state index in [-0.39, 0.29) is 19.6 Å². The molecule has 210 valence electrons. The molecule has 12 heteroatoms. The third-order valence-electron chi connectivity index (χ3n) is 1.92. The Bertz CT molecular complexity index is 441. The molecule has 0 spiro atoms. The largest absolute Gasteiger partial charge is 0.402 e. The molecule has 4 nitrogen and oxygen atoms in total. The molecule has 0 unspecified atom stereocenters. The van der Waals surface area contributed by atoms with Gasteiger partial charge in [-0.05, 0) is 40.2 Å². The molecule has 0 heterocycles. The monoisotopic (exact) mass is 542 g/mol. The van der Waals surface area contributed by atoms with Gasteiger partial charge in [-0.15, -0.1) is 0 Å². The summed E-state index contributed by atoms with van der Waals surface area (Å²) in [7, 11) is 0.583. The van der Waals surface area contributed by atoms with E-state index in [1.165, 1.54) is 33.1 Å². The summed E-state index contributed by atoms with van der Waals surface area (Å²) < 4.78 is 93.2. The fourth-order valence-electron chi connectivity index (χ4n) is 0.161. The number of unbranched alkanes of at least 4 members (excludes halogenated alkanes) is 1. The van der Waals surface area contributed by atoms with Crippen LogP contribution in [-0.4, -0.2) is 65.8 Å². The van der Waals surface area contributed by atoms with Crippen LogP contribution in [0.1, 0.15) is 74.7 Å². The van der Waals surface area contributed by atoms with Crippen molar-refractivity contribution in [2.75, 3.05) is 39.2 Å². The Morgan fingerprint density at radius 2 is 0.879 bits per heavy atom. The molecule has 33 heavy (non-hydrogen) atoms. The third-order valence-corrected chi connectivity index (χ3v) is 1.92. The number of carbonyl (C=O) groups is 1. The molecule has 0 fully saturated rings. The zero-order chi connectivity index (χ0) is 29.1. The van der Waals surface area contributed by atoms with Crippen molar-refractivity contribution < 1.29 is 44.3 Å². The number of thioether (sulfide) groups is 1. The summed E-state index contributed by atoms with van der Waals surface area (Å²) in [4.78, 5) is 9.44. The van der Waals surface area contributed by atoms with Crippen LogP contribution in [0.25, 0.3) is 0 Å². The van der Waals surface area contributed by atoms with Gasteiger partial charge in [-0.3, -0.25) is 0 Å². The molecule has 0 rings (SSSR count). The Morgan fingerprint density at radius 1 is 0.788 bits per heavy atom. The number of rotatable bonds is 1. The van der Waals surface area contributed by atoms with Crippen LogP contribution >= 0.6 is 11.8 Å². The number of carbonyl (C=O) groups excluding carboxylic acids is 1. The first kappa shape index (κ1) is 49.6. The molecule has 0 aromatic carbocycles. The molecular formula is C21H48F6O4S2. The van der Waals surface area contributed by atoms with Crippen LogP contribution in [0.3, 0.4) is 0 Å². The number of ketones is 1. The highest BCUT2D eigenvalue weighted by Gasteiger charge is 2.64. The quantitative estimate of drug-likeness (QED) is 0.316. The van der Waals surface area contributed by atoms with E-state index >= 15 is 0 Å². The van der Waals surface area contributed by atoms with Crippen LogP contribution in [-0.2, 0) is 19.4 Å². The average molecular weight is 543 g/mol. The van der Waals surface area contributed by atoms with Crippen LogP contribution in [0.5, 0.6) is 0 Å². The summed E-state index contributed by atoms with van der Waals surface area (Å²) in [5.74, 6) is 0.167. The van der Waals surface area contributed by atoms with Crippen molar-refractivity contribution in [2.45, 2.75) is 87.0 Å². The van der Waals surface area contributed by atoms with Crippen LogP contribution in [0.4, 0.5) is 26.3 Å². The van der Waals surface area contributed by atoms with Gasteiger partial charge in [0.25, 0.3) is 0 Å². The first-order chi connectivity index (χ1) is 14.4. The second-order valence-electron chi connectivity index (χ2n) is 7.20. The van der Waals surface area contributed by atoms with Crippen LogP contribution in [0.15, 0.2) is 0 Å². The number of hydrogen-bond donors (Lipinski definition) is 0. The van der Waals surface area contributed by atoms with Crippen LogP contribution in [0, 0.1) is 5.41 Å². The molecule has 0 bridgehead atoms. The first-order valence-electron chi connectivity index (χ1n) is 9.95. The minimum Gasteiger partial charge on any atom is -0.388 e. The van der Waals surface area contributed by atoms with E-state index in [2.05, 4.69) is 32.4 Å². The minimum absolute atomic E-state index is 0.104. The Kier molecular flexibility index (Phi) is 44.4. The van der Waals surface area contributed by atoms with Gasteiger partial charge in [-0.25, -0.2) is 8.42 Å².